The minimum absolute atomic E-state index is 0.376. The monoisotopic (exact) mass is 344 g/mol. The van der Waals surface area contributed by atoms with Gasteiger partial charge in [0.05, 0.1) is 11.2 Å². The quantitative estimate of drug-likeness (QED) is 0.454. The predicted octanol–water partition coefficient (Wildman–Crippen LogP) is 5.04. The molecule has 1 fully saturated rings. The van der Waals surface area contributed by atoms with E-state index in [1.165, 1.54) is 10.8 Å². The Morgan fingerprint density at radius 2 is 1.42 bits per heavy atom. The van der Waals surface area contributed by atoms with Crippen molar-refractivity contribution >= 4 is 45.3 Å². The van der Waals surface area contributed by atoms with Gasteiger partial charge in [-0.05, 0) is 44.5 Å². The van der Waals surface area contributed by atoms with E-state index in [1.807, 2.05) is 12.1 Å². The van der Waals surface area contributed by atoms with Crippen molar-refractivity contribution in [2.45, 2.75) is 38.9 Å². The lowest BCUT2D eigenvalue weighted by Gasteiger charge is -2.32. The molecule has 26 heavy (non-hydrogen) atoms. The van der Waals surface area contributed by atoms with Crippen LogP contribution >= 0.6 is 0 Å². The first-order valence-electron chi connectivity index (χ1n) is 9.06. The van der Waals surface area contributed by atoms with Crippen molar-refractivity contribution in [2.75, 3.05) is 0 Å². The van der Waals surface area contributed by atoms with Crippen molar-refractivity contribution in [3.63, 3.8) is 0 Å². The Labute approximate surface area is 153 Å². The average molecular weight is 344 g/mol. The normalized spacial score (nSPS) is 19.0. The molecule has 4 aromatic rings. The maximum absolute atomic E-state index is 6.28. The third kappa shape index (κ3) is 2.09. The fourth-order valence-corrected chi connectivity index (χ4v) is 3.75. The molecule has 3 aromatic carbocycles. The maximum atomic E-state index is 6.28. The summed E-state index contributed by atoms with van der Waals surface area (Å²) in [6.45, 7) is 8.27. The van der Waals surface area contributed by atoms with E-state index in [2.05, 4.69) is 70.2 Å². The van der Waals surface area contributed by atoms with E-state index in [0.717, 1.165) is 27.4 Å². The Morgan fingerprint density at radius 3 is 2.19 bits per heavy atom. The Bertz CT molecular complexity index is 1140. The molecule has 130 valence electrons. The van der Waals surface area contributed by atoms with Gasteiger partial charge in [0, 0.05) is 16.2 Å². The third-order valence-corrected chi connectivity index (χ3v) is 5.92. The summed E-state index contributed by atoms with van der Waals surface area (Å²) in [6, 6.07) is 18.8. The number of fused-ring (bicyclic) bond motifs is 5. The molecule has 1 aromatic heterocycles. The van der Waals surface area contributed by atoms with Crippen LogP contribution in [0.5, 0.6) is 0 Å². The average Bonchev–Trinajstić information content (AvgIpc) is 3.09. The van der Waals surface area contributed by atoms with Gasteiger partial charge in [-0.1, -0.05) is 48.5 Å². The van der Waals surface area contributed by atoms with E-state index in [9.17, 15) is 0 Å². The molecule has 0 radical (unpaired) electrons. The summed E-state index contributed by atoms with van der Waals surface area (Å²) in [4.78, 5) is 0. The summed E-state index contributed by atoms with van der Waals surface area (Å²) in [7, 11) is -0.435. The van der Waals surface area contributed by atoms with Crippen LogP contribution in [0.25, 0.3) is 32.7 Å². The molecule has 0 N–H and O–H groups in total. The standard InChI is InChI=1S/C22H21BO3/c1-21(2)22(3,4)26-23(25-21)17-11-7-10-16-19-15-9-6-5-8-14(15)12-13-18(19)24-20(16)17/h5-13H,1-4H3. The summed E-state index contributed by atoms with van der Waals surface area (Å²) < 4.78 is 18.8. The number of rotatable bonds is 1. The first-order valence-corrected chi connectivity index (χ1v) is 9.06. The first kappa shape index (κ1) is 15.9. The topological polar surface area (TPSA) is 31.6 Å². The van der Waals surface area contributed by atoms with Gasteiger partial charge in [0.1, 0.15) is 11.2 Å². The minimum Gasteiger partial charge on any atom is -0.456 e. The number of benzene rings is 3. The summed E-state index contributed by atoms with van der Waals surface area (Å²) in [5.41, 5.74) is 1.93. The lowest BCUT2D eigenvalue weighted by molar-refractivity contribution is 0.00578. The zero-order chi connectivity index (χ0) is 18.1. The van der Waals surface area contributed by atoms with Gasteiger partial charge in [0.25, 0.3) is 0 Å². The summed E-state index contributed by atoms with van der Waals surface area (Å²) in [5, 5.41) is 4.67. The Morgan fingerprint density at radius 1 is 0.731 bits per heavy atom. The van der Waals surface area contributed by atoms with Crippen molar-refractivity contribution in [1.29, 1.82) is 0 Å². The molecule has 0 bridgehead atoms. The van der Waals surface area contributed by atoms with Gasteiger partial charge in [-0.15, -0.1) is 0 Å². The van der Waals surface area contributed by atoms with Crippen LogP contribution in [0.3, 0.4) is 0 Å². The smallest absolute Gasteiger partial charge is 0.456 e. The van der Waals surface area contributed by atoms with Gasteiger partial charge in [0.15, 0.2) is 0 Å². The minimum atomic E-state index is -0.435. The second-order valence-electron chi connectivity index (χ2n) is 8.07. The first-order chi connectivity index (χ1) is 12.4. The van der Waals surface area contributed by atoms with Gasteiger partial charge in [-0.3, -0.25) is 0 Å². The second kappa shape index (κ2) is 5.12. The molecule has 0 unspecified atom stereocenters. The van der Waals surface area contributed by atoms with Crippen molar-refractivity contribution in [3.8, 4) is 0 Å². The van der Waals surface area contributed by atoms with E-state index in [4.69, 9.17) is 13.7 Å². The van der Waals surface area contributed by atoms with Gasteiger partial charge < -0.3 is 13.7 Å². The highest BCUT2D eigenvalue weighted by Crippen LogP contribution is 2.38. The number of furan rings is 1. The summed E-state index contributed by atoms with van der Waals surface area (Å²) in [6.07, 6.45) is 0. The molecule has 1 saturated heterocycles. The fourth-order valence-electron chi connectivity index (χ4n) is 3.75. The van der Waals surface area contributed by atoms with Crippen LogP contribution in [0.15, 0.2) is 59.0 Å². The molecule has 5 rings (SSSR count). The molecule has 1 aliphatic rings. The second-order valence-corrected chi connectivity index (χ2v) is 8.07. The van der Waals surface area contributed by atoms with Gasteiger partial charge in [0.2, 0.25) is 0 Å². The van der Waals surface area contributed by atoms with Gasteiger partial charge in [-0.2, -0.15) is 0 Å². The van der Waals surface area contributed by atoms with Gasteiger partial charge >= 0.3 is 7.12 Å². The predicted molar refractivity (Wildman–Crippen MR) is 107 cm³/mol. The van der Waals surface area contributed by atoms with Crippen molar-refractivity contribution in [2.24, 2.45) is 0 Å². The molecular formula is C22H21BO3. The molecule has 0 spiro atoms. The van der Waals surface area contributed by atoms with Crippen LogP contribution in [-0.2, 0) is 9.31 Å². The highest BCUT2D eigenvalue weighted by atomic mass is 16.7. The lowest BCUT2D eigenvalue weighted by atomic mass is 9.78. The van der Waals surface area contributed by atoms with Crippen molar-refractivity contribution < 1.29 is 13.7 Å². The third-order valence-electron chi connectivity index (χ3n) is 5.92. The molecule has 0 saturated carbocycles. The summed E-state index contributed by atoms with van der Waals surface area (Å²) in [5.74, 6) is 0. The van der Waals surface area contributed by atoms with E-state index in [1.54, 1.807) is 0 Å². The SMILES string of the molecule is CC1(C)OB(c2cccc3c2oc2ccc4ccccc4c23)OC1(C)C. The Balaban J connectivity index is 1.77. The molecule has 3 nitrogen and oxygen atoms in total. The van der Waals surface area contributed by atoms with E-state index in [-0.39, 0.29) is 11.2 Å². The maximum Gasteiger partial charge on any atom is 0.498 e. The van der Waals surface area contributed by atoms with E-state index < -0.39 is 7.12 Å². The fraction of sp³-hybridized carbons (Fsp3) is 0.273. The van der Waals surface area contributed by atoms with Crippen LogP contribution in [-0.4, -0.2) is 18.3 Å². The number of hydrogen-bond donors (Lipinski definition) is 0. The summed E-state index contributed by atoms with van der Waals surface area (Å²) >= 11 is 0. The Hall–Kier alpha value is -2.30. The van der Waals surface area contributed by atoms with Crippen molar-refractivity contribution in [3.05, 3.63) is 54.6 Å². The van der Waals surface area contributed by atoms with Crippen LogP contribution in [0.2, 0.25) is 0 Å². The highest BCUT2D eigenvalue weighted by molar-refractivity contribution is 6.65. The zero-order valence-electron chi connectivity index (χ0n) is 15.5. The molecular weight excluding hydrogens is 323 g/mol. The van der Waals surface area contributed by atoms with Crippen LogP contribution in [0.4, 0.5) is 0 Å². The lowest BCUT2D eigenvalue weighted by Crippen LogP contribution is -2.41. The van der Waals surface area contributed by atoms with Crippen LogP contribution < -0.4 is 5.46 Å². The number of hydrogen-bond acceptors (Lipinski definition) is 3. The molecule has 0 aliphatic carbocycles. The molecule has 4 heteroatoms. The molecule has 2 heterocycles. The zero-order valence-corrected chi connectivity index (χ0v) is 15.5. The van der Waals surface area contributed by atoms with E-state index >= 15 is 0 Å². The molecule has 1 aliphatic heterocycles. The van der Waals surface area contributed by atoms with Crippen LogP contribution in [0.1, 0.15) is 27.7 Å². The van der Waals surface area contributed by atoms with E-state index in [0.29, 0.717) is 0 Å². The number of para-hydroxylation sites is 1. The molecule has 0 atom stereocenters. The van der Waals surface area contributed by atoms with Crippen molar-refractivity contribution in [1.82, 2.24) is 0 Å². The van der Waals surface area contributed by atoms with Gasteiger partial charge in [-0.25, -0.2) is 0 Å². The largest absolute Gasteiger partial charge is 0.498 e. The highest BCUT2D eigenvalue weighted by Gasteiger charge is 2.52. The molecule has 0 amide bonds. The van der Waals surface area contributed by atoms with Crippen LogP contribution in [0, 0.1) is 0 Å². The Kier molecular flexibility index (Phi) is 3.14.